The second-order valence-corrected chi connectivity index (χ2v) is 7.18. The third-order valence-electron chi connectivity index (χ3n) is 4.56. The van der Waals surface area contributed by atoms with E-state index in [9.17, 15) is 9.59 Å². The third-order valence-corrected chi connectivity index (χ3v) is 5.58. The number of nitrogens with zero attached hydrogens (tertiary/aromatic N) is 5. The first-order chi connectivity index (χ1) is 13.1. The van der Waals surface area contributed by atoms with Gasteiger partial charge in [-0.15, -0.1) is 0 Å². The number of thioether (sulfide) groups is 1. The normalized spacial score (nSPS) is 14.7. The molecule has 1 saturated heterocycles. The number of furan rings is 1. The summed E-state index contributed by atoms with van der Waals surface area (Å²) in [5, 5.41) is 0.767. The molecule has 2 amide bonds. The summed E-state index contributed by atoms with van der Waals surface area (Å²) in [6.07, 6.45) is 3.22. The molecule has 0 aromatic carbocycles. The van der Waals surface area contributed by atoms with Gasteiger partial charge in [0.1, 0.15) is 5.52 Å². The summed E-state index contributed by atoms with van der Waals surface area (Å²) >= 11 is 1.40. The molecular formula is C18H19N5O3S. The summed E-state index contributed by atoms with van der Waals surface area (Å²) in [7, 11) is 1.90. The number of amides is 2. The van der Waals surface area contributed by atoms with Crippen LogP contribution in [0.3, 0.4) is 0 Å². The van der Waals surface area contributed by atoms with Crippen LogP contribution in [0.4, 0.5) is 0 Å². The van der Waals surface area contributed by atoms with Crippen LogP contribution in [-0.4, -0.2) is 68.1 Å². The Hall–Kier alpha value is -2.81. The molecule has 0 radical (unpaired) electrons. The van der Waals surface area contributed by atoms with Gasteiger partial charge in [-0.3, -0.25) is 9.59 Å². The molecule has 1 aliphatic rings. The molecule has 1 aliphatic heterocycles. The van der Waals surface area contributed by atoms with E-state index >= 15 is 0 Å². The zero-order valence-electron chi connectivity index (χ0n) is 14.9. The molecule has 0 atom stereocenters. The summed E-state index contributed by atoms with van der Waals surface area (Å²) in [6.45, 7) is 2.06. The van der Waals surface area contributed by atoms with Crippen molar-refractivity contribution in [2.45, 2.75) is 5.16 Å². The van der Waals surface area contributed by atoms with Crippen molar-refractivity contribution in [2.75, 3.05) is 31.9 Å². The molecule has 4 heterocycles. The molecular weight excluding hydrogens is 366 g/mol. The van der Waals surface area contributed by atoms with Crippen LogP contribution in [0.25, 0.3) is 11.2 Å². The number of aryl methyl sites for hydroxylation is 1. The lowest BCUT2D eigenvalue weighted by Crippen LogP contribution is -2.51. The summed E-state index contributed by atoms with van der Waals surface area (Å²) in [5.41, 5.74) is 1.62. The van der Waals surface area contributed by atoms with Crippen LogP contribution in [0.1, 0.15) is 10.6 Å². The highest BCUT2D eigenvalue weighted by Gasteiger charge is 2.26. The number of piperazine rings is 1. The van der Waals surface area contributed by atoms with Gasteiger partial charge in [0.05, 0.1) is 12.0 Å². The van der Waals surface area contributed by atoms with Gasteiger partial charge in [-0.25, -0.2) is 9.97 Å². The molecule has 1 fully saturated rings. The number of hydrogen-bond donors (Lipinski definition) is 0. The molecule has 0 N–H and O–H groups in total. The van der Waals surface area contributed by atoms with E-state index in [-0.39, 0.29) is 11.8 Å². The summed E-state index contributed by atoms with van der Waals surface area (Å²) in [4.78, 5) is 37.2. The second-order valence-electron chi connectivity index (χ2n) is 6.24. The predicted molar refractivity (Wildman–Crippen MR) is 100 cm³/mol. The van der Waals surface area contributed by atoms with Gasteiger partial charge in [-0.1, -0.05) is 11.8 Å². The maximum atomic E-state index is 12.5. The minimum absolute atomic E-state index is 0.0464. The minimum Gasteiger partial charge on any atom is -0.459 e. The molecule has 0 aliphatic carbocycles. The SMILES string of the molecule is Cn1c(SCC(=O)N2CCN(C(=O)c3ccco3)CC2)nc2cccnc21. The first-order valence-electron chi connectivity index (χ1n) is 8.64. The number of hydrogen-bond acceptors (Lipinski definition) is 6. The smallest absolute Gasteiger partial charge is 0.289 e. The fourth-order valence-electron chi connectivity index (χ4n) is 3.06. The van der Waals surface area contributed by atoms with Gasteiger partial charge in [0.25, 0.3) is 5.91 Å². The number of imidazole rings is 1. The summed E-state index contributed by atoms with van der Waals surface area (Å²) < 4.78 is 7.05. The summed E-state index contributed by atoms with van der Waals surface area (Å²) in [6, 6.07) is 7.10. The molecule has 0 spiro atoms. The van der Waals surface area contributed by atoms with E-state index in [1.165, 1.54) is 18.0 Å². The highest BCUT2D eigenvalue weighted by Crippen LogP contribution is 2.22. The van der Waals surface area contributed by atoms with Crippen LogP contribution < -0.4 is 0 Å². The highest BCUT2D eigenvalue weighted by molar-refractivity contribution is 7.99. The zero-order valence-corrected chi connectivity index (χ0v) is 15.7. The van der Waals surface area contributed by atoms with E-state index in [2.05, 4.69) is 9.97 Å². The number of pyridine rings is 1. The molecule has 8 nitrogen and oxygen atoms in total. The van der Waals surface area contributed by atoms with E-state index in [0.717, 1.165) is 16.3 Å². The number of fused-ring (bicyclic) bond motifs is 1. The van der Waals surface area contributed by atoms with Gasteiger partial charge in [-0.05, 0) is 24.3 Å². The van der Waals surface area contributed by atoms with E-state index < -0.39 is 0 Å². The van der Waals surface area contributed by atoms with Gasteiger partial charge >= 0.3 is 0 Å². The quantitative estimate of drug-likeness (QED) is 0.635. The van der Waals surface area contributed by atoms with E-state index in [4.69, 9.17) is 4.42 Å². The number of carbonyl (C=O) groups excluding carboxylic acids is 2. The lowest BCUT2D eigenvalue weighted by atomic mass is 10.3. The van der Waals surface area contributed by atoms with Crippen LogP contribution in [0.15, 0.2) is 46.3 Å². The van der Waals surface area contributed by atoms with Crippen LogP contribution in [0.5, 0.6) is 0 Å². The Morgan fingerprint density at radius 3 is 2.63 bits per heavy atom. The monoisotopic (exact) mass is 385 g/mol. The molecule has 0 saturated carbocycles. The number of carbonyl (C=O) groups is 2. The molecule has 9 heteroatoms. The molecule has 27 heavy (non-hydrogen) atoms. The maximum absolute atomic E-state index is 12.5. The Bertz CT molecular complexity index is 961. The van der Waals surface area contributed by atoms with Crippen LogP contribution in [0, 0.1) is 0 Å². The first-order valence-corrected chi connectivity index (χ1v) is 9.63. The molecule has 140 valence electrons. The first kappa shape index (κ1) is 17.6. The van der Waals surface area contributed by atoms with Crippen LogP contribution in [0.2, 0.25) is 0 Å². The molecule has 4 rings (SSSR count). The number of aromatic nitrogens is 3. The standard InChI is InChI=1S/C18H19N5O3S/c1-21-16-13(4-2-6-19-16)20-18(21)27-12-15(24)22-7-9-23(10-8-22)17(25)14-5-3-11-26-14/h2-6,11H,7-10,12H2,1H3. The second kappa shape index (κ2) is 7.43. The average molecular weight is 385 g/mol. The average Bonchev–Trinajstić information content (AvgIpc) is 3.35. The summed E-state index contributed by atoms with van der Waals surface area (Å²) in [5.74, 6) is 0.558. The van der Waals surface area contributed by atoms with Gasteiger partial charge in [0.2, 0.25) is 5.91 Å². The van der Waals surface area contributed by atoms with E-state index in [0.29, 0.717) is 37.7 Å². The predicted octanol–water partition coefficient (Wildman–Crippen LogP) is 1.64. The molecule has 3 aromatic heterocycles. The molecule has 3 aromatic rings. The topological polar surface area (TPSA) is 84.5 Å². The van der Waals surface area contributed by atoms with E-state index in [1.807, 2.05) is 23.7 Å². The lowest BCUT2D eigenvalue weighted by molar-refractivity contribution is -0.129. The molecule has 0 bridgehead atoms. The van der Waals surface area contributed by atoms with Crippen molar-refractivity contribution in [2.24, 2.45) is 7.05 Å². The van der Waals surface area contributed by atoms with Crippen molar-refractivity contribution >= 4 is 34.7 Å². The van der Waals surface area contributed by atoms with Crippen molar-refractivity contribution in [1.29, 1.82) is 0 Å². The van der Waals surface area contributed by atoms with Gasteiger partial charge in [0, 0.05) is 39.4 Å². The van der Waals surface area contributed by atoms with Crippen molar-refractivity contribution < 1.29 is 14.0 Å². The van der Waals surface area contributed by atoms with Crippen LogP contribution >= 0.6 is 11.8 Å². The van der Waals surface area contributed by atoms with Crippen molar-refractivity contribution in [3.05, 3.63) is 42.5 Å². The van der Waals surface area contributed by atoms with Gasteiger partial charge in [0.15, 0.2) is 16.6 Å². The Balaban J connectivity index is 1.32. The van der Waals surface area contributed by atoms with Crippen molar-refractivity contribution in [1.82, 2.24) is 24.3 Å². The van der Waals surface area contributed by atoms with E-state index in [1.54, 1.807) is 28.1 Å². The highest BCUT2D eigenvalue weighted by atomic mass is 32.2. The fourth-order valence-corrected chi connectivity index (χ4v) is 3.94. The van der Waals surface area contributed by atoms with Gasteiger partial charge in [-0.2, -0.15) is 0 Å². The Kier molecular flexibility index (Phi) is 4.85. The van der Waals surface area contributed by atoms with Crippen LogP contribution in [-0.2, 0) is 11.8 Å². The van der Waals surface area contributed by atoms with Crippen molar-refractivity contribution in [3.63, 3.8) is 0 Å². The zero-order chi connectivity index (χ0) is 18.8. The Morgan fingerprint density at radius 2 is 1.93 bits per heavy atom. The maximum Gasteiger partial charge on any atom is 0.289 e. The minimum atomic E-state index is -0.131. The molecule has 0 unspecified atom stereocenters. The Labute approximate surface area is 160 Å². The largest absolute Gasteiger partial charge is 0.459 e. The van der Waals surface area contributed by atoms with Crippen molar-refractivity contribution in [3.8, 4) is 0 Å². The van der Waals surface area contributed by atoms with Gasteiger partial charge < -0.3 is 18.8 Å². The number of rotatable bonds is 4. The lowest BCUT2D eigenvalue weighted by Gasteiger charge is -2.34. The third kappa shape index (κ3) is 3.55. The fraction of sp³-hybridized carbons (Fsp3) is 0.333. The Morgan fingerprint density at radius 1 is 1.15 bits per heavy atom.